The summed E-state index contributed by atoms with van der Waals surface area (Å²) in [5, 5.41) is 2.86. The topological polar surface area (TPSA) is 70.7 Å². The predicted molar refractivity (Wildman–Crippen MR) is 104 cm³/mol. The van der Waals surface area contributed by atoms with Gasteiger partial charge in [-0.25, -0.2) is 0 Å². The number of thioether (sulfide) groups is 1. The Labute approximate surface area is 153 Å². The van der Waals surface area contributed by atoms with E-state index in [1.807, 2.05) is 43.0 Å². The molecule has 5 nitrogen and oxygen atoms in total. The number of carbonyl (C=O) groups excluding carboxylic acids is 1. The third kappa shape index (κ3) is 6.04. The number of halogens is 1. The number of amides is 1. The van der Waals surface area contributed by atoms with E-state index in [1.54, 1.807) is 0 Å². The van der Waals surface area contributed by atoms with E-state index >= 15 is 0 Å². The number of nitrogens with one attached hydrogen (secondary N) is 1. The molecule has 0 atom stereocenters. The first kappa shape index (κ1) is 19.1. The van der Waals surface area contributed by atoms with Gasteiger partial charge in [-0.15, -0.1) is 24.0 Å². The quantitative estimate of drug-likeness (QED) is 0.328. The van der Waals surface area contributed by atoms with Gasteiger partial charge in [0.2, 0.25) is 0 Å². The maximum atomic E-state index is 11.9. The number of nitrogens with two attached hydrogens (primary N) is 1. The molecule has 1 aromatic carbocycles. The van der Waals surface area contributed by atoms with Crippen molar-refractivity contribution in [3.63, 3.8) is 0 Å². The van der Waals surface area contributed by atoms with Crippen LogP contribution in [0.1, 0.15) is 15.9 Å². The Bertz CT molecular complexity index is 518. The number of nitrogens with zero attached hydrogens (tertiary/aromatic N) is 2. The number of hydrogen-bond donors (Lipinski definition) is 2. The van der Waals surface area contributed by atoms with Crippen molar-refractivity contribution in [3.8, 4) is 0 Å². The lowest BCUT2D eigenvalue weighted by atomic mass is 10.1. The summed E-state index contributed by atoms with van der Waals surface area (Å²) in [4.78, 5) is 18.4. The van der Waals surface area contributed by atoms with Crippen molar-refractivity contribution in [3.05, 3.63) is 35.4 Å². The van der Waals surface area contributed by atoms with Gasteiger partial charge >= 0.3 is 0 Å². The molecular weight excluding hydrogens is 411 g/mol. The molecule has 22 heavy (non-hydrogen) atoms. The summed E-state index contributed by atoms with van der Waals surface area (Å²) in [5.41, 5.74) is 7.71. The van der Waals surface area contributed by atoms with E-state index in [-0.39, 0.29) is 29.9 Å². The predicted octanol–water partition coefficient (Wildman–Crippen LogP) is 1.71. The normalized spacial score (nSPS) is 15.1. The molecule has 7 heteroatoms. The SMILES string of the molecule is Cc1cccc(C(=O)NCCN=C(N)N2CCSCC2)c1.I. The minimum Gasteiger partial charge on any atom is -0.370 e. The molecule has 0 radical (unpaired) electrons. The molecule has 122 valence electrons. The van der Waals surface area contributed by atoms with Crippen LogP contribution in [0.4, 0.5) is 0 Å². The molecule has 0 bridgehead atoms. The summed E-state index contributed by atoms with van der Waals surface area (Å²) in [7, 11) is 0. The van der Waals surface area contributed by atoms with Gasteiger partial charge in [0.25, 0.3) is 5.91 Å². The highest BCUT2D eigenvalue weighted by Gasteiger charge is 2.11. The van der Waals surface area contributed by atoms with Gasteiger partial charge in [-0.05, 0) is 19.1 Å². The minimum atomic E-state index is -0.0677. The molecule has 1 amide bonds. The molecule has 0 aromatic heterocycles. The highest BCUT2D eigenvalue weighted by molar-refractivity contribution is 14.0. The van der Waals surface area contributed by atoms with Crippen LogP contribution in [-0.4, -0.2) is 54.5 Å². The van der Waals surface area contributed by atoms with Crippen LogP contribution < -0.4 is 11.1 Å². The van der Waals surface area contributed by atoms with Gasteiger partial charge in [-0.1, -0.05) is 17.7 Å². The van der Waals surface area contributed by atoms with Gasteiger partial charge in [0, 0.05) is 36.7 Å². The minimum absolute atomic E-state index is 0. The first-order valence-corrected chi connectivity index (χ1v) is 8.30. The van der Waals surface area contributed by atoms with Gasteiger partial charge in [-0.2, -0.15) is 11.8 Å². The molecule has 1 aliphatic rings. The Morgan fingerprint density at radius 2 is 2.14 bits per heavy atom. The fourth-order valence-electron chi connectivity index (χ4n) is 2.12. The van der Waals surface area contributed by atoms with E-state index < -0.39 is 0 Å². The molecule has 0 spiro atoms. The van der Waals surface area contributed by atoms with Crippen molar-refractivity contribution in [2.45, 2.75) is 6.92 Å². The lowest BCUT2D eigenvalue weighted by Crippen LogP contribution is -2.43. The molecule has 1 saturated heterocycles. The molecule has 1 fully saturated rings. The summed E-state index contributed by atoms with van der Waals surface area (Å²) < 4.78 is 0. The van der Waals surface area contributed by atoms with Crippen LogP contribution in [0, 0.1) is 6.92 Å². The van der Waals surface area contributed by atoms with E-state index in [4.69, 9.17) is 5.73 Å². The zero-order chi connectivity index (χ0) is 15.1. The van der Waals surface area contributed by atoms with Gasteiger partial charge in [0.1, 0.15) is 0 Å². The lowest BCUT2D eigenvalue weighted by molar-refractivity contribution is 0.0954. The highest BCUT2D eigenvalue weighted by atomic mass is 127. The summed E-state index contributed by atoms with van der Waals surface area (Å²) >= 11 is 1.94. The van der Waals surface area contributed by atoms with Gasteiger partial charge in [-0.3, -0.25) is 9.79 Å². The van der Waals surface area contributed by atoms with Crippen molar-refractivity contribution in [1.82, 2.24) is 10.2 Å². The first-order chi connectivity index (χ1) is 10.2. The van der Waals surface area contributed by atoms with E-state index in [1.165, 1.54) is 0 Å². The van der Waals surface area contributed by atoms with Crippen LogP contribution in [0.2, 0.25) is 0 Å². The second-order valence-corrected chi connectivity index (χ2v) is 6.19. The number of benzene rings is 1. The van der Waals surface area contributed by atoms with Crippen molar-refractivity contribution in [2.75, 3.05) is 37.7 Å². The molecule has 2 rings (SSSR count). The first-order valence-electron chi connectivity index (χ1n) is 7.14. The van der Waals surface area contributed by atoms with Crippen LogP contribution in [0.25, 0.3) is 0 Å². The van der Waals surface area contributed by atoms with Gasteiger partial charge < -0.3 is 16.0 Å². The molecule has 3 N–H and O–H groups in total. The van der Waals surface area contributed by atoms with Crippen LogP contribution in [0.15, 0.2) is 29.3 Å². The zero-order valence-corrected chi connectivity index (χ0v) is 15.9. The standard InChI is InChI=1S/C15H22N4OS.HI/c1-12-3-2-4-13(11-12)14(20)17-5-6-18-15(16)19-7-9-21-10-8-19;/h2-4,11H,5-10H2,1H3,(H2,16,18)(H,17,20);1H. The average molecular weight is 434 g/mol. The summed E-state index contributed by atoms with van der Waals surface area (Å²) in [6.45, 7) is 4.88. The molecule has 0 unspecified atom stereocenters. The maximum absolute atomic E-state index is 11.9. The molecule has 1 aromatic rings. The summed E-state index contributed by atoms with van der Waals surface area (Å²) in [5.74, 6) is 2.71. The highest BCUT2D eigenvalue weighted by Crippen LogP contribution is 2.08. The van der Waals surface area contributed by atoms with Crippen molar-refractivity contribution in [2.24, 2.45) is 10.7 Å². The Hall–Kier alpha value is -0.960. The van der Waals surface area contributed by atoms with E-state index in [2.05, 4.69) is 15.2 Å². The van der Waals surface area contributed by atoms with Crippen molar-refractivity contribution in [1.29, 1.82) is 0 Å². The Kier molecular flexibility index (Phi) is 8.62. The molecule has 1 heterocycles. The summed E-state index contributed by atoms with van der Waals surface area (Å²) in [6, 6.07) is 7.54. The van der Waals surface area contributed by atoms with Crippen molar-refractivity contribution >= 4 is 47.6 Å². The van der Waals surface area contributed by atoms with Gasteiger partial charge in [0.05, 0.1) is 6.54 Å². The monoisotopic (exact) mass is 434 g/mol. The van der Waals surface area contributed by atoms with Crippen LogP contribution in [-0.2, 0) is 0 Å². The maximum Gasteiger partial charge on any atom is 0.251 e. The molecular formula is C15H23IN4OS. The van der Waals surface area contributed by atoms with Crippen LogP contribution in [0.3, 0.4) is 0 Å². The van der Waals surface area contributed by atoms with Crippen molar-refractivity contribution < 1.29 is 4.79 Å². The van der Waals surface area contributed by atoms with Crippen LogP contribution >= 0.6 is 35.7 Å². The number of carbonyl (C=O) groups is 1. The Morgan fingerprint density at radius 3 is 2.82 bits per heavy atom. The second-order valence-electron chi connectivity index (χ2n) is 4.96. The van der Waals surface area contributed by atoms with E-state index in [9.17, 15) is 4.79 Å². The van der Waals surface area contributed by atoms with E-state index in [0.717, 1.165) is 30.2 Å². The van der Waals surface area contributed by atoms with E-state index in [0.29, 0.717) is 24.6 Å². The average Bonchev–Trinajstić information content (AvgIpc) is 2.52. The lowest BCUT2D eigenvalue weighted by Gasteiger charge is -2.27. The molecule has 0 aliphatic carbocycles. The number of guanidine groups is 1. The van der Waals surface area contributed by atoms with Crippen LogP contribution in [0.5, 0.6) is 0 Å². The number of rotatable bonds is 4. The fraction of sp³-hybridized carbons (Fsp3) is 0.467. The number of hydrogen-bond acceptors (Lipinski definition) is 3. The number of aryl methyl sites for hydroxylation is 1. The molecule has 0 saturated carbocycles. The number of aliphatic imine (C=N–C) groups is 1. The summed E-state index contributed by atoms with van der Waals surface area (Å²) in [6.07, 6.45) is 0. The third-order valence-corrected chi connectivity index (χ3v) is 4.23. The smallest absolute Gasteiger partial charge is 0.251 e. The van der Waals surface area contributed by atoms with Gasteiger partial charge in [0.15, 0.2) is 5.96 Å². The molecule has 1 aliphatic heterocycles. The second kappa shape index (κ2) is 9.94. The fourth-order valence-corrected chi connectivity index (χ4v) is 3.02. The zero-order valence-electron chi connectivity index (χ0n) is 12.7. The Morgan fingerprint density at radius 1 is 1.41 bits per heavy atom. The third-order valence-electron chi connectivity index (χ3n) is 3.29. The Balaban J connectivity index is 0.00000242. The largest absolute Gasteiger partial charge is 0.370 e.